The third-order valence-corrected chi connectivity index (χ3v) is 4.83. The maximum absolute atomic E-state index is 11.8. The summed E-state index contributed by atoms with van der Waals surface area (Å²) in [6.07, 6.45) is 0. The molecular formula is C23H27N3O4. The van der Waals surface area contributed by atoms with Crippen molar-refractivity contribution in [2.24, 2.45) is 7.05 Å². The molecule has 2 N–H and O–H groups in total. The van der Waals surface area contributed by atoms with E-state index in [9.17, 15) is 9.90 Å². The van der Waals surface area contributed by atoms with Crippen LogP contribution in [0.4, 0.5) is 11.5 Å². The summed E-state index contributed by atoms with van der Waals surface area (Å²) in [5.74, 6) is 0.863. The lowest BCUT2D eigenvalue weighted by Crippen LogP contribution is -2.13. The molecule has 30 heavy (non-hydrogen) atoms. The lowest BCUT2D eigenvalue weighted by atomic mass is 9.87. The highest BCUT2D eigenvalue weighted by molar-refractivity contribution is 5.96. The van der Waals surface area contributed by atoms with E-state index >= 15 is 0 Å². The molecule has 1 heterocycles. The van der Waals surface area contributed by atoms with Gasteiger partial charge in [-0.15, -0.1) is 0 Å². The van der Waals surface area contributed by atoms with Gasteiger partial charge in [-0.05, 0) is 35.9 Å². The van der Waals surface area contributed by atoms with Crippen molar-refractivity contribution in [3.8, 4) is 22.6 Å². The van der Waals surface area contributed by atoms with E-state index in [2.05, 4.69) is 26.1 Å². The number of carbonyl (C=O) groups is 1. The summed E-state index contributed by atoms with van der Waals surface area (Å²) in [6, 6.07) is 12.7. The van der Waals surface area contributed by atoms with E-state index in [1.54, 1.807) is 23.9 Å². The van der Waals surface area contributed by atoms with Gasteiger partial charge in [0.1, 0.15) is 17.3 Å². The average Bonchev–Trinajstić information content (AvgIpc) is 3.04. The van der Waals surface area contributed by atoms with Gasteiger partial charge in [0.15, 0.2) is 0 Å². The summed E-state index contributed by atoms with van der Waals surface area (Å²) in [7, 11) is 4.97. The number of carboxylic acids is 1. The maximum atomic E-state index is 11.8. The molecule has 7 heteroatoms. The molecule has 1 aromatic heterocycles. The lowest BCUT2D eigenvalue weighted by Gasteiger charge is -2.19. The Balaban J connectivity index is 2.21. The number of hydrogen-bond acceptors (Lipinski definition) is 5. The van der Waals surface area contributed by atoms with Crippen molar-refractivity contribution in [2.45, 2.75) is 26.2 Å². The zero-order valence-electron chi connectivity index (χ0n) is 18.1. The molecule has 0 atom stereocenters. The Morgan fingerprint density at radius 2 is 1.73 bits per heavy atom. The number of aryl methyl sites for hydroxylation is 1. The SMILES string of the molecule is COc1cccc(-c2c(C(C)(C)C)nn(C)c2Nc2ccc(OC)cc2C(=O)O)c1. The predicted molar refractivity (Wildman–Crippen MR) is 117 cm³/mol. The Hall–Kier alpha value is -3.48. The summed E-state index contributed by atoms with van der Waals surface area (Å²) >= 11 is 0. The Bertz CT molecular complexity index is 1080. The second-order valence-electron chi connectivity index (χ2n) is 8.02. The van der Waals surface area contributed by atoms with Crippen molar-refractivity contribution in [3.05, 3.63) is 53.7 Å². The van der Waals surface area contributed by atoms with Gasteiger partial charge in [0.25, 0.3) is 0 Å². The molecule has 0 fully saturated rings. The first-order valence-corrected chi connectivity index (χ1v) is 9.56. The van der Waals surface area contributed by atoms with Crippen molar-refractivity contribution in [2.75, 3.05) is 19.5 Å². The smallest absolute Gasteiger partial charge is 0.337 e. The number of ether oxygens (including phenoxy) is 2. The third kappa shape index (κ3) is 4.10. The van der Waals surface area contributed by atoms with Gasteiger partial charge < -0.3 is 19.9 Å². The number of rotatable bonds is 6. The summed E-state index contributed by atoms with van der Waals surface area (Å²) in [4.78, 5) is 11.8. The minimum atomic E-state index is -1.04. The predicted octanol–water partition coefficient (Wildman–Crippen LogP) is 4.84. The van der Waals surface area contributed by atoms with Crippen LogP contribution in [0.25, 0.3) is 11.1 Å². The molecule has 0 saturated carbocycles. The van der Waals surface area contributed by atoms with Gasteiger partial charge in [-0.1, -0.05) is 32.9 Å². The van der Waals surface area contributed by atoms with Crippen LogP contribution in [-0.2, 0) is 12.5 Å². The zero-order valence-corrected chi connectivity index (χ0v) is 18.1. The van der Waals surface area contributed by atoms with Crippen molar-refractivity contribution in [3.63, 3.8) is 0 Å². The molecule has 0 bridgehead atoms. The van der Waals surface area contributed by atoms with Crippen molar-refractivity contribution in [1.29, 1.82) is 0 Å². The van der Waals surface area contributed by atoms with Crippen LogP contribution in [0.3, 0.4) is 0 Å². The van der Waals surface area contributed by atoms with Gasteiger partial charge in [-0.25, -0.2) is 4.79 Å². The number of nitrogens with one attached hydrogen (secondary N) is 1. The highest BCUT2D eigenvalue weighted by Crippen LogP contribution is 2.40. The molecule has 0 spiro atoms. The molecule has 0 saturated heterocycles. The van der Waals surface area contributed by atoms with E-state index in [0.717, 1.165) is 22.6 Å². The van der Waals surface area contributed by atoms with Gasteiger partial charge in [-0.3, -0.25) is 4.68 Å². The minimum Gasteiger partial charge on any atom is -0.497 e. The maximum Gasteiger partial charge on any atom is 0.337 e. The zero-order chi connectivity index (χ0) is 22.1. The van der Waals surface area contributed by atoms with Crippen molar-refractivity contribution in [1.82, 2.24) is 9.78 Å². The van der Waals surface area contributed by atoms with Crippen LogP contribution in [0.15, 0.2) is 42.5 Å². The molecular weight excluding hydrogens is 382 g/mol. The Labute approximate surface area is 176 Å². The monoisotopic (exact) mass is 409 g/mol. The topological polar surface area (TPSA) is 85.6 Å². The molecule has 0 aliphatic carbocycles. The van der Waals surface area contributed by atoms with Crippen LogP contribution in [0.5, 0.6) is 11.5 Å². The molecule has 0 amide bonds. The first-order valence-electron chi connectivity index (χ1n) is 9.56. The fourth-order valence-corrected chi connectivity index (χ4v) is 3.31. The number of methoxy groups -OCH3 is 2. The van der Waals surface area contributed by atoms with E-state index in [1.807, 2.05) is 31.3 Å². The molecule has 0 aliphatic rings. The quantitative estimate of drug-likeness (QED) is 0.606. The highest BCUT2D eigenvalue weighted by atomic mass is 16.5. The van der Waals surface area contributed by atoms with E-state index in [1.165, 1.54) is 13.2 Å². The van der Waals surface area contributed by atoms with Gasteiger partial charge >= 0.3 is 5.97 Å². The van der Waals surface area contributed by atoms with Gasteiger partial charge in [0.2, 0.25) is 0 Å². The molecule has 158 valence electrons. The van der Waals surface area contributed by atoms with E-state index in [-0.39, 0.29) is 11.0 Å². The number of anilines is 2. The number of nitrogens with zero attached hydrogens (tertiary/aromatic N) is 2. The van der Waals surface area contributed by atoms with Gasteiger partial charge in [-0.2, -0.15) is 5.10 Å². The van der Waals surface area contributed by atoms with Gasteiger partial charge in [0, 0.05) is 18.0 Å². The van der Waals surface area contributed by atoms with E-state index in [4.69, 9.17) is 14.6 Å². The van der Waals surface area contributed by atoms with Crippen LogP contribution in [0.1, 0.15) is 36.8 Å². The Kier molecular flexibility index (Phi) is 5.73. The first kappa shape index (κ1) is 21.2. The standard InChI is InChI=1S/C23H27N3O4/c1-23(2,3)20-19(14-8-7-9-15(12-14)29-5)21(26(4)25-20)24-18-11-10-16(30-6)13-17(18)22(27)28/h7-13,24H,1-6H3,(H,27,28). The summed E-state index contributed by atoms with van der Waals surface area (Å²) < 4.78 is 12.3. The number of hydrogen-bond donors (Lipinski definition) is 2. The fourth-order valence-electron chi connectivity index (χ4n) is 3.31. The van der Waals surface area contributed by atoms with Crippen LogP contribution in [0.2, 0.25) is 0 Å². The molecule has 0 aliphatic heterocycles. The molecule has 0 unspecified atom stereocenters. The van der Waals surface area contributed by atoms with Crippen LogP contribution in [0, 0.1) is 0 Å². The fraction of sp³-hybridized carbons (Fsp3) is 0.304. The largest absolute Gasteiger partial charge is 0.497 e. The molecule has 3 rings (SSSR count). The normalized spacial score (nSPS) is 11.3. The second-order valence-corrected chi connectivity index (χ2v) is 8.02. The Morgan fingerprint density at radius 1 is 1.07 bits per heavy atom. The average molecular weight is 409 g/mol. The molecule has 0 radical (unpaired) electrons. The van der Waals surface area contributed by atoms with Crippen molar-refractivity contribution >= 4 is 17.5 Å². The van der Waals surface area contributed by atoms with E-state index in [0.29, 0.717) is 17.3 Å². The number of aromatic carboxylic acids is 1. The third-order valence-electron chi connectivity index (χ3n) is 4.83. The van der Waals surface area contributed by atoms with E-state index < -0.39 is 5.97 Å². The summed E-state index contributed by atoms with van der Waals surface area (Å²) in [5.41, 5.74) is 3.06. The van der Waals surface area contributed by atoms with Crippen LogP contribution >= 0.6 is 0 Å². The highest BCUT2D eigenvalue weighted by Gasteiger charge is 2.28. The van der Waals surface area contributed by atoms with Crippen LogP contribution < -0.4 is 14.8 Å². The number of carboxylic acid groups (broad SMARTS) is 1. The second kappa shape index (κ2) is 8.10. The first-order chi connectivity index (χ1) is 14.2. The minimum absolute atomic E-state index is 0.115. The van der Waals surface area contributed by atoms with Crippen LogP contribution in [-0.4, -0.2) is 35.1 Å². The molecule has 7 nitrogen and oxygen atoms in total. The lowest BCUT2D eigenvalue weighted by molar-refractivity contribution is 0.0697. The van der Waals surface area contributed by atoms with Crippen molar-refractivity contribution < 1.29 is 19.4 Å². The number of benzene rings is 2. The number of aromatic nitrogens is 2. The summed E-state index contributed by atoms with van der Waals surface area (Å²) in [5, 5.41) is 17.7. The molecule has 3 aromatic rings. The van der Waals surface area contributed by atoms with Gasteiger partial charge in [0.05, 0.1) is 31.2 Å². The molecule has 2 aromatic carbocycles. The summed E-state index contributed by atoms with van der Waals surface area (Å²) in [6.45, 7) is 6.29. The Morgan fingerprint density at radius 3 is 2.33 bits per heavy atom.